The largest absolute Gasteiger partial charge is 0.319 e. The van der Waals surface area contributed by atoms with E-state index >= 15 is 0 Å². The maximum absolute atomic E-state index is 11.7. The van der Waals surface area contributed by atoms with E-state index in [1.54, 1.807) is 0 Å². The zero-order chi connectivity index (χ0) is 18.0. The Kier molecular flexibility index (Phi) is 8.60. The fourth-order valence-electron chi connectivity index (χ4n) is 1.92. The Labute approximate surface area is 148 Å². The SMILES string of the molecule is CC.CCCNCC(=O)Nc1nc(C2=CC=CC(C)(N)C=C2)cs1. The molecule has 0 aromatic carbocycles. The smallest absolute Gasteiger partial charge is 0.240 e. The molecule has 0 fully saturated rings. The number of anilines is 1. The Morgan fingerprint density at radius 2 is 2.12 bits per heavy atom. The van der Waals surface area contributed by atoms with Crippen LogP contribution in [0.15, 0.2) is 35.8 Å². The number of nitrogens with zero attached hydrogens (tertiary/aromatic N) is 1. The van der Waals surface area contributed by atoms with E-state index in [0.29, 0.717) is 11.7 Å². The Balaban J connectivity index is 0.00000139. The van der Waals surface area contributed by atoms with E-state index in [0.717, 1.165) is 24.2 Å². The summed E-state index contributed by atoms with van der Waals surface area (Å²) in [7, 11) is 0. The maximum Gasteiger partial charge on any atom is 0.240 e. The van der Waals surface area contributed by atoms with Gasteiger partial charge >= 0.3 is 0 Å². The lowest BCUT2D eigenvalue weighted by atomic mass is 10.0. The number of carbonyl (C=O) groups is 1. The van der Waals surface area contributed by atoms with E-state index in [2.05, 4.69) is 22.5 Å². The van der Waals surface area contributed by atoms with Crippen LogP contribution in [0.4, 0.5) is 5.13 Å². The molecule has 0 bridgehead atoms. The second-order valence-electron chi connectivity index (χ2n) is 5.44. The highest BCUT2D eigenvalue weighted by Crippen LogP contribution is 2.24. The van der Waals surface area contributed by atoms with Crippen molar-refractivity contribution in [2.45, 2.75) is 39.7 Å². The summed E-state index contributed by atoms with van der Waals surface area (Å²) in [5.74, 6) is -0.0748. The number of thiazole rings is 1. The van der Waals surface area contributed by atoms with Gasteiger partial charge in [0, 0.05) is 11.0 Å². The molecule has 1 aromatic rings. The first-order valence-corrected chi connectivity index (χ1v) is 9.22. The van der Waals surface area contributed by atoms with Crippen LogP contribution in [0.5, 0.6) is 0 Å². The van der Waals surface area contributed by atoms with Gasteiger partial charge in [-0.25, -0.2) is 4.98 Å². The number of amides is 1. The molecule has 1 aromatic heterocycles. The first-order chi connectivity index (χ1) is 11.5. The number of hydrogen-bond donors (Lipinski definition) is 3. The molecule has 24 heavy (non-hydrogen) atoms. The molecule has 4 N–H and O–H groups in total. The number of allylic oxidation sites excluding steroid dienone is 4. The number of rotatable bonds is 6. The number of carbonyl (C=O) groups excluding carboxylic acids is 1. The van der Waals surface area contributed by atoms with Gasteiger partial charge in [0.05, 0.1) is 17.8 Å². The average Bonchev–Trinajstić information content (AvgIpc) is 2.93. The van der Waals surface area contributed by atoms with Gasteiger partial charge in [-0.2, -0.15) is 0 Å². The predicted molar refractivity (Wildman–Crippen MR) is 104 cm³/mol. The topological polar surface area (TPSA) is 80.0 Å². The standard InChI is InChI=1S/C16H22N4OS.C2H6/c1-3-9-18-10-14(21)20-15-19-13(11-22-15)12-5-4-7-16(2,17)8-6-12;1-2/h4-8,11,18H,3,9-10,17H2,1-2H3,(H,19,20,21);1-2H3. The van der Waals surface area contributed by atoms with E-state index < -0.39 is 5.54 Å². The third-order valence-electron chi connectivity index (χ3n) is 3.11. The van der Waals surface area contributed by atoms with Crippen molar-refractivity contribution in [3.63, 3.8) is 0 Å². The van der Waals surface area contributed by atoms with E-state index in [1.807, 2.05) is 56.5 Å². The first-order valence-electron chi connectivity index (χ1n) is 8.34. The van der Waals surface area contributed by atoms with Gasteiger partial charge < -0.3 is 16.4 Å². The summed E-state index contributed by atoms with van der Waals surface area (Å²) < 4.78 is 0. The Hall–Kier alpha value is -1.76. The summed E-state index contributed by atoms with van der Waals surface area (Å²) in [5.41, 5.74) is 7.42. The third-order valence-corrected chi connectivity index (χ3v) is 3.87. The van der Waals surface area contributed by atoms with E-state index in [-0.39, 0.29) is 5.91 Å². The molecule has 0 saturated heterocycles. The summed E-state index contributed by atoms with van der Waals surface area (Å²) in [5, 5.41) is 8.40. The molecule has 1 unspecified atom stereocenters. The molecule has 2 rings (SSSR count). The van der Waals surface area contributed by atoms with Crippen LogP contribution in [0.3, 0.4) is 0 Å². The van der Waals surface area contributed by atoms with Crippen molar-refractivity contribution in [2.75, 3.05) is 18.4 Å². The highest BCUT2D eigenvalue weighted by Gasteiger charge is 2.13. The van der Waals surface area contributed by atoms with Gasteiger partial charge in [0.25, 0.3) is 0 Å². The maximum atomic E-state index is 11.7. The van der Waals surface area contributed by atoms with Crippen LogP contribution >= 0.6 is 11.3 Å². The van der Waals surface area contributed by atoms with Crippen molar-refractivity contribution >= 4 is 27.9 Å². The molecular weight excluding hydrogens is 320 g/mol. The van der Waals surface area contributed by atoms with Crippen molar-refractivity contribution in [1.82, 2.24) is 10.3 Å². The van der Waals surface area contributed by atoms with Crippen molar-refractivity contribution < 1.29 is 4.79 Å². The molecule has 1 aliphatic rings. The van der Waals surface area contributed by atoms with Crippen LogP contribution in [0.1, 0.15) is 39.8 Å². The number of nitrogens with one attached hydrogen (secondary N) is 2. The van der Waals surface area contributed by atoms with Crippen molar-refractivity contribution in [2.24, 2.45) is 5.73 Å². The van der Waals surface area contributed by atoms with Gasteiger partial charge in [0.2, 0.25) is 5.91 Å². The lowest BCUT2D eigenvalue weighted by Gasteiger charge is -2.12. The van der Waals surface area contributed by atoms with Crippen LogP contribution in [0.2, 0.25) is 0 Å². The summed E-state index contributed by atoms with van der Waals surface area (Å²) >= 11 is 1.42. The molecule has 1 amide bonds. The predicted octanol–water partition coefficient (Wildman–Crippen LogP) is 3.33. The highest BCUT2D eigenvalue weighted by atomic mass is 32.1. The Morgan fingerprint density at radius 1 is 1.38 bits per heavy atom. The van der Waals surface area contributed by atoms with Crippen molar-refractivity contribution in [1.29, 1.82) is 0 Å². The van der Waals surface area contributed by atoms with Crippen molar-refractivity contribution in [3.8, 4) is 0 Å². The molecule has 6 heteroatoms. The first kappa shape index (κ1) is 20.3. The van der Waals surface area contributed by atoms with Gasteiger partial charge in [-0.3, -0.25) is 4.79 Å². The second kappa shape index (κ2) is 10.2. The summed E-state index contributed by atoms with van der Waals surface area (Å²) in [6.45, 7) is 9.14. The average molecular weight is 349 g/mol. The van der Waals surface area contributed by atoms with Crippen LogP contribution < -0.4 is 16.4 Å². The quantitative estimate of drug-likeness (QED) is 0.689. The fourth-order valence-corrected chi connectivity index (χ4v) is 2.65. The fraction of sp³-hybridized carbons (Fsp3) is 0.444. The van der Waals surface area contributed by atoms with Gasteiger partial charge in [-0.05, 0) is 19.9 Å². The molecule has 1 heterocycles. The van der Waals surface area contributed by atoms with Crippen LogP contribution in [-0.4, -0.2) is 29.5 Å². The minimum absolute atomic E-state index is 0.0748. The molecular formula is C18H28N4OS. The Morgan fingerprint density at radius 3 is 2.83 bits per heavy atom. The lowest BCUT2D eigenvalue weighted by molar-refractivity contribution is -0.115. The van der Waals surface area contributed by atoms with E-state index in [4.69, 9.17) is 5.73 Å². The number of aromatic nitrogens is 1. The minimum Gasteiger partial charge on any atom is -0.319 e. The molecule has 1 aliphatic carbocycles. The summed E-state index contributed by atoms with van der Waals surface area (Å²) in [4.78, 5) is 16.2. The minimum atomic E-state index is -0.448. The molecule has 132 valence electrons. The van der Waals surface area contributed by atoms with Crippen LogP contribution in [0.25, 0.3) is 5.57 Å². The third kappa shape index (κ3) is 6.78. The molecule has 0 saturated carbocycles. The second-order valence-corrected chi connectivity index (χ2v) is 6.30. The van der Waals surface area contributed by atoms with Gasteiger partial charge in [-0.1, -0.05) is 51.2 Å². The zero-order valence-corrected chi connectivity index (χ0v) is 15.7. The molecule has 0 radical (unpaired) electrons. The van der Waals surface area contributed by atoms with Crippen molar-refractivity contribution in [3.05, 3.63) is 41.5 Å². The van der Waals surface area contributed by atoms with Gasteiger partial charge in [0.1, 0.15) is 0 Å². The monoisotopic (exact) mass is 348 g/mol. The zero-order valence-electron chi connectivity index (χ0n) is 14.9. The van der Waals surface area contributed by atoms with E-state index in [9.17, 15) is 4.79 Å². The van der Waals surface area contributed by atoms with Gasteiger partial charge in [0.15, 0.2) is 5.13 Å². The normalized spacial score (nSPS) is 19.1. The molecule has 5 nitrogen and oxygen atoms in total. The van der Waals surface area contributed by atoms with Crippen LogP contribution in [-0.2, 0) is 4.79 Å². The lowest BCUT2D eigenvalue weighted by Crippen LogP contribution is -2.30. The van der Waals surface area contributed by atoms with E-state index in [1.165, 1.54) is 11.3 Å². The number of nitrogens with two attached hydrogens (primary N) is 1. The van der Waals surface area contributed by atoms with Gasteiger partial charge in [-0.15, -0.1) is 11.3 Å². The molecule has 0 aliphatic heterocycles. The summed E-state index contributed by atoms with van der Waals surface area (Å²) in [6.07, 6.45) is 10.7. The molecule has 1 atom stereocenters. The number of hydrogen-bond acceptors (Lipinski definition) is 5. The highest BCUT2D eigenvalue weighted by molar-refractivity contribution is 7.14. The molecule has 0 spiro atoms. The Bertz CT molecular complexity index is 614. The van der Waals surface area contributed by atoms with Crippen LogP contribution in [0, 0.1) is 0 Å². The summed E-state index contributed by atoms with van der Waals surface area (Å²) in [6, 6.07) is 0.